The van der Waals surface area contributed by atoms with E-state index in [9.17, 15) is 13.5 Å². The molecule has 1 N–H and O–H groups in total. The summed E-state index contributed by atoms with van der Waals surface area (Å²) in [5, 5.41) is 9.21. The molecule has 0 aromatic carbocycles. The Kier molecular flexibility index (Phi) is 4.31. The Morgan fingerprint density at radius 3 is 2.55 bits per heavy atom. The second kappa shape index (κ2) is 5.40. The van der Waals surface area contributed by atoms with Crippen LogP contribution in [0.2, 0.25) is 0 Å². The zero-order valence-corrected chi connectivity index (χ0v) is 14.1. The molecule has 0 aliphatic carbocycles. The number of rotatable bonds is 3. The van der Waals surface area contributed by atoms with Crippen LogP contribution in [0.4, 0.5) is 0 Å². The molecular formula is C14H23NO3S2. The lowest BCUT2D eigenvalue weighted by Gasteiger charge is -2.26. The summed E-state index contributed by atoms with van der Waals surface area (Å²) in [6.45, 7) is 9.40. The zero-order valence-electron chi connectivity index (χ0n) is 12.5. The molecule has 114 valence electrons. The van der Waals surface area contributed by atoms with Crippen molar-refractivity contribution in [3.63, 3.8) is 0 Å². The molecule has 1 aliphatic rings. The van der Waals surface area contributed by atoms with Gasteiger partial charge in [0.05, 0.1) is 6.61 Å². The van der Waals surface area contributed by atoms with Crippen LogP contribution in [0.25, 0.3) is 0 Å². The third-order valence-corrected chi connectivity index (χ3v) is 7.65. The minimum Gasteiger partial charge on any atom is -0.391 e. The Morgan fingerprint density at radius 1 is 1.45 bits per heavy atom. The topological polar surface area (TPSA) is 57.6 Å². The van der Waals surface area contributed by atoms with Crippen molar-refractivity contribution in [3.05, 3.63) is 16.5 Å². The molecule has 0 saturated carbocycles. The maximum Gasteiger partial charge on any atom is 0.252 e. The molecule has 2 rings (SSSR count). The van der Waals surface area contributed by atoms with Gasteiger partial charge in [-0.05, 0) is 36.3 Å². The SMILES string of the molecule is Cc1cc(S(=O)(=O)N2CCC(C(C)(C)C)C2)sc1CO. The minimum absolute atomic E-state index is 0.101. The van der Waals surface area contributed by atoms with E-state index < -0.39 is 10.0 Å². The number of aliphatic hydroxyl groups is 1. The summed E-state index contributed by atoms with van der Waals surface area (Å²) in [4.78, 5) is 0.732. The highest BCUT2D eigenvalue weighted by molar-refractivity contribution is 7.91. The normalized spacial score (nSPS) is 21.6. The van der Waals surface area contributed by atoms with Gasteiger partial charge in [0.1, 0.15) is 4.21 Å². The zero-order chi connectivity index (χ0) is 15.1. The molecule has 6 heteroatoms. The van der Waals surface area contributed by atoms with Gasteiger partial charge in [-0.2, -0.15) is 4.31 Å². The fraction of sp³-hybridized carbons (Fsp3) is 0.714. The van der Waals surface area contributed by atoms with Crippen molar-refractivity contribution in [2.45, 2.75) is 44.9 Å². The smallest absolute Gasteiger partial charge is 0.252 e. The van der Waals surface area contributed by atoms with E-state index in [0.717, 1.165) is 16.9 Å². The molecule has 4 nitrogen and oxygen atoms in total. The molecule has 20 heavy (non-hydrogen) atoms. The van der Waals surface area contributed by atoms with E-state index in [1.54, 1.807) is 10.4 Å². The van der Waals surface area contributed by atoms with Crippen LogP contribution in [0.3, 0.4) is 0 Å². The van der Waals surface area contributed by atoms with Crippen molar-refractivity contribution in [1.29, 1.82) is 0 Å². The molecule has 0 radical (unpaired) electrons. The Morgan fingerprint density at radius 2 is 2.10 bits per heavy atom. The molecular weight excluding hydrogens is 294 g/mol. The molecule has 0 spiro atoms. The highest BCUT2D eigenvalue weighted by Gasteiger charge is 2.38. The number of hydrogen-bond donors (Lipinski definition) is 1. The summed E-state index contributed by atoms with van der Waals surface area (Å²) >= 11 is 1.18. The van der Waals surface area contributed by atoms with Crippen LogP contribution in [0, 0.1) is 18.3 Å². The summed E-state index contributed by atoms with van der Waals surface area (Å²) in [7, 11) is -3.40. The minimum atomic E-state index is -3.40. The lowest BCUT2D eigenvalue weighted by Crippen LogP contribution is -2.30. The van der Waals surface area contributed by atoms with E-state index in [4.69, 9.17) is 0 Å². The van der Waals surface area contributed by atoms with Crippen molar-refractivity contribution < 1.29 is 13.5 Å². The fourth-order valence-electron chi connectivity index (χ4n) is 2.55. The van der Waals surface area contributed by atoms with Crippen molar-refractivity contribution in [3.8, 4) is 0 Å². The third kappa shape index (κ3) is 2.93. The number of aryl methyl sites for hydroxylation is 1. The van der Waals surface area contributed by atoms with Crippen LogP contribution >= 0.6 is 11.3 Å². The first-order valence-corrected chi connectivity index (χ1v) is 9.12. The molecule has 1 aromatic rings. The Labute approximate surface area is 125 Å². The third-order valence-electron chi connectivity index (χ3n) is 4.11. The van der Waals surface area contributed by atoms with Gasteiger partial charge in [-0.1, -0.05) is 20.8 Å². The summed E-state index contributed by atoms with van der Waals surface area (Å²) in [6.07, 6.45) is 0.917. The largest absolute Gasteiger partial charge is 0.391 e. The van der Waals surface area contributed by atoms with Gasteiger partial charge in [-0.3, -0.25) is 0 Å². The predicted molar refractivity (Wildman–Crippen MR) is 81.3 cm³/mol. The quantitative estimate of drug-likeness (QED) is 0.932. The average Bonchev–Trinajstić information content (AvgIpc) is 2.94. The Hall–Kier alpha value is -0.430. The van der Waals surface area contributed by atoms with Crippen LogP contribution in [0.15, 0.2) is 10.3 Å². The molecule has 1 saturated heterocycles. The second-order valence-electron chi connectivity index (χ2n) is 6.54. The van der Waals surface area contributed by atoms with Gasteiger partial charge in [0.2, 0.25) is 0 Å². The van der Waals surface area contributed by atoms with Gasteiger partial charge in [0.15, 0.2) is 0 Å². The van der Waals surface area contributed by atoms with E-state index in [1.807, 2.05) is 6.92 Å². The van der Waals surface area contributed by atoms with Crippen LogP contribution in [-0.2, 0) is 16.6 Å². The van der Waals surface area contributed by atoms with Gasteiger partial charge < -0.3 is 5.11 Å². The maximum absolute atomic E-state index is 12.6. The Balaban J connectivity index is 2.23. The Bertz CT molecular complexity index is 584. The predicted octanol–water partition coefficient (Wildman–Crippen LogP) is 2.61. The number of thiophene rings is 1. The molecule has 1 aromatic heterocycles. The molecule has 1 atom stereocenters. The van der Waals surface area contributed by atoms with E-state index >= 15 is 0 Å². The van der Waals surface area contributed by atoms with Crippen molar-refractivity contribution >= 4 is 21.4 Å². The second-order valence-corrected chi connectivity index (χ2v) is 9.85. The van der Waals surface area contributed by atoms with Crippen LogP contribution < -0.4 is 0 Å². The van der Waals surface area contributed by atoms with Gasteiger partial charge in [-0.15, -0.1) is 11.3 Å². The molecule has 1 unspecified atom stereocenters. The number of hydrogen-bond acceptors (Lipinski definition) is 4. The highest BCUT2D eigenvalue weighted by atomic mass is 32.2. The van der Waals surface area contributed by atoms with Gasteiger partial charge >= 0.3 is 0 Å². The average molecular weight is 317 g/mol. The van der Waals surface area contributed by atoms with Crippen LogP contribution in [0.1, 0.15) is 37.6 Å². The highest BCUT2D eigenvalue weighted by Crippen LogP contribution is 2.37. The summed E-state index contributed by atoms with van der Waals surface area (Å²) in [6, 6.07) is 1.68. The molecule has 0 amide bonds. The molecule has 2 heterocycles. The monoisotopic (exact) mass is 317 g/mol. The van der Waals surface area contributed by atoms with Crippen molar-refractivity contribution in [2.24, 2.45) is 11.3 Å². The number of aliphatic hydroxyl groups excluding tert-OH is 1. The summed E-state index contributed by atoms with van der Waals surface area (Å²) in [5.41, 5.74) is 0.981. The van der Waals surface area contributed by atoms with E-state index in [-0.39, 0.29) is 12.0 Å². The molecule has 1 fully saturated rings. The number of sulfonamides is 1. The summed E-state index contributed by atoms with van der Waals surface area (Å²) < 4.78 is 27.2. The molecule has 0 bridgehead atoms. The van der Waals surface area contributed by atoms with Crippen LogP contribution in [-0.4, -0.2) is 30.9 Å². The standard InChI is InChI=1S/C14H23NO3S2/c1-10-7-13(19-12(10)9-16)20(17,18)15-6-5-11(8-15)14(2,3)4/h7,11,16H,5-6,8-9H2,1-4H3. The van der Waals surface area contributed by atoms with Gasteiger partial charge in [-0.25, -0.2) is 8.42 Å². The first-order valence-electron chi connectivity index (χ1n) is 6.86. The first-order chi connectivity index (χ1) is 9.16. The van der Waals surface area contributed by atoms with Gasteiger partial charge in [0, 0.05) is 18.0 Å². The van der Waals surface area contributed by atoms with E-state index in [2.05, 4.69) is 20.8 Å². The lowest BCUT2D eigenvalue weighted by molar-refractivity contribution is 0.252. The number of nitrogens with zero attached hydrogens (tertiary/aromatic N) is 1. The van der Waals surface area contributed by atoms with Crippen LogP contribution in [0.5, 0.6) is 0 Å². The first kappa shape index (κ1) is 15.9. The van der Waals surface area contributed by atoms with E-state index in [1.165, 1.54) is 11.3 Å². The fourth-order valence-corrected chi connectivity index (χ4v) is 5.66. The molecule has 1 aliphatic heterocycles. The van der Waals surface area contributed by atoms with E-state index in [0.29, 0.717) is 23.2 Å². The van der Waals surface area contributed by atoms with Crippen molar-refractivity contribution in [1.82, 2.24) is 4.31 Å². The lowest BCUT2D eigenvalue weighted by atomic mass is 9.80. The van der Waals surface area contributed by atoms with Crippen molar-refractivity contribution in [2.75, 3.05) is 13.1 Å². The summed E-state index contributed by atoms with van der Waals surface area (Å²) in [5.74, 6) is 0.399. The van der Waals surface area contributed by atoms with Gasteiger partial charge in [0.25, 0.3) is 10.0 Å². The maximum atomic E-state index is 12.6.